The maximum absolute atomic E-state index is 12.9. The highest BCUT2D eigenvalue weighted by atomic mass is 35.5. The second-order valence-corrected chi connectivity index (χ2v) is 9.32. The summed E-state index contributed by atoms with van der Waals surface area (Å²) in [5.74, 6) is -0.102. The molecule has 27 heavy (non-hydrogen) atoms. The summed E-state index contributed by atoms with van der Waals surface area (Å²) in [6.07, 6.45) is 3.60. The number of likely N-dealkylation sites (tertiary alicyclic amines) is 1. The summed E-state index contributed by atoms with van der Waals surface area (Å²) in [6.45, 7) is 2.33. The lowest BCUT2D eigenvalue weighted by Gasteiger charge is -2.38. The molecule has 1 N–H and O–H groups in total. The lowest BCUT2D eigenvalue weighted by molar-refractivity contribution is -0.138. The number of amides is 1. The second-order valence-electron chi connectivity index (χ2n) is 7.35. The number of benzene rings is 1. The number of carbonyl (C=O) groups is 1. The molecule has 1 amide bonds. The third kappa shape index (κ3) is 5.67. The predicted molar refractivity (Wildman–Crippen MR) is 109 cm³/mol. The Morgan fingerprint density at radius 2 is 1.81 bits per heavy atom. The molecular formula is C19H30ClN3O3S. The van der Waals surface area contributed by atoms with Crippen molar-refractivity contribution < 1.29 is 13.2 Å². The first-order valence-electron chi connectivity index (χ1n) is 9.47. The smallest absolute Gasteiger partial charge is 0.227 e. The van der Waals surface area contributed by atoms with Gasteiger partial charge in [0.25, 0.3) is 0 Å². The molecule has 0 bridgehead atoms. The number of likely N-dealkylation sites (N-methyl/N-ethyl adjacent to an activating group) is 1. The summed E-state index contributed by atoms with van der Waals surface area (Å²) in [6, 6.07) is 9.58. The van der Waals surface area contributed by atoms with Gasteiger partial charge in [0, 0.05) is 32.2 Å². The number of carbonyl (C=O) groups excluding carboxylic acids is 1. The number of nitrogens with zero attached hydrogens (tertiary/aromatic N) is 2. The van der Waals surface area contributed by atoms with E-state index < -0.39 is 10.0 Å². The second kappa shape index (κ2) is 9.87. The highest BCUT2D eigenvalue weighted by molar-refractivity contribution is 7.88. The minimum atomic E-state index is -3.40. The standard InChI is InChI=1S/C19H29N3O3S.ClH/c1-20-18-10-6-11-21(14-18)19(23)17-9-5-12-22(13-17)26(24,25)15-16-7-3-2-4-8-16;/h2-4,7-8,17-18,20H,5-6,9-15H2,1H3;1H. The van der Waals surface area contributed by atoms with Gasteiger partial charge in [0.05, 0.1) is 11.7 Å². The fourth-order valence-corrected chi connectivity index (χ4v) is 5.55. The zero-order valence-corrected chi connectivity index (χ0v) is 17.5. The molecule has 2 unspecified atom stereocenters. The minimum Gasteiger partial charge on any atom is -0.341 e. The Bertz CT molecular complexity index is 714. The molecule has 6 nitrogen and oxygen atoms in total. The van der Waals surface area contributed by atoms with Crippen molar-refractivity contribution in [3.8, 4) is 0 Å². The van der Waals surface area contributed by atoms with Gasteiger partial charge in [-0.15, -0.1) is 12.4 Å². The molecule has 2 aliphatic rings. The molecule has 0 aromatic heterocycles. The number of hydrogen-bond acceptors (Lipinski definition) is 4. The summed E-state index contributed by atoms with van der Waals surface area (Å²) in [5.41, 5.74) is 0.786. The number of sulfonamides is 1. The number of rotatable bonds is 5. The summed E-state index contributed by atoms with van der Waals surface area (Å²) >= 11 is 0. The van der Waals surface area contributed by atoms with Gasteiger partial charge < -0.3 is 10.2 Å². The van der Waals surface area contributed by atoms with Crippen LogP contribution in [0, 0.1) is 5.92 Å². The van der Waals surface area contributed by atoms with Crippen molar-refractivity contribution >= 4 is 28.3 Å². The Balaban J connectivity index is 0.00000261. The quantitative estimate of drug-likeness (QED) is 0.796. The average Bonchev–Trinajstić information content (AvgIpc) is 2.68. The third-order valence-electron chi connectivity index (χ3n) is 5.46. The van der Waals surface area contributed by atoms with Crippen LogP contribution in [-0.2, 0) is 20.6 Å². The normalized spacial score (nSPS) is 24.3. The van der Waals surface area contributed by atoms with E-state index in [-0.39, 0.29) is 30.0 Å². The SMILES string of the molecule is CNC1CCCN(C(=O)C2CCCN(S(=O)(=O)Cc3ccccc3)C2)C1.Cl. The van der Waals surface area contributed by atoms with E-state index in [4.69, 9.17) is 0 Å². The fourth-order valence-electron chi connectivity index (χ4n) is 3.94. The van der Waals surface area contributed by atoms with E-state index in [1.165, 1.54) is 4.31 Å². The van der Waals surface area contributed by atoms with Crippen molar-refractivity contribution in [2.24, 2.45) is 5.92 Å². The van der Waals surface area contributed by atoms with Crippen molar-refractivity contribution in [1.29, 1.82) is 0 Å². The number of hydrogen-bond donors (Lipinski definition) is 1. The fraction of sp³-hybridized carbons (Fsp3) is 0.632. The van der Waals surface area contributed by atoms with E-state index in [0.717, 1.165) is 44.3 Å². The zero-order valence-electron chi connectivity index (χ0n) is 15.8. The van der Waals surface area contributed by atoms with Crippen molar-refractivity contribution in [2.45, 2.75) is 37.5 Å². The van der Waals surface area contributed by atoms with Crippen LogP contribution in [0.3, 0.4) is 0 Å². The predicted octanol–water partition coefficient (Wildman–Crippen LogP) is 1.86. The van der Waals surface area contributed by atoms with Crippen LogP contribution in [0.4, 0.5) is 0 Å². The van der Waals surface area contributed by atoms with Crippen molar-refractivity contribution in [3.63, 3.8) is 0 Å². The molecule has 0 saturated carbocycles. The molecule has 1 aromatic carbocycles. The topological polar surface area (TPSA) is 69.7 Å². The average molecular weight is 416 g/mol. The van der Waals surface area contributed by atoms with E-state index in [2.05, 4.69) is 5.32 Å². The summed E-state index contributed by atoms with van der Waals surface area (Å²) < 4.78 is 27.1. The van der Waals surface area contributed by atoms with Crippen LogP contribution < -0.4 is 5.32 Å². The maximum atomic E-state index is 12.9. The summed E-state index contributed by atoms with van der Waals surface area (Å²) in [5, 5.41) is 3.25. The Morgan fingerprint density at radius 3 is 2.52 bits per heavy atom. The number of halogens is 1. The van der Waals surface area contributed by atoms with Crippen LogP contribution in [0.15, 0.2) is 30.3 Å². The number of nitrogens with one attached hydrogen (secondary N) is 1. The molecule has 2 fully saturated rings. The van der Waals surface area contributed by atoms with Crippen LogP contribution in [-0.4, -0.2) is 62.8 Å². The molecule has 0 aliphatic carbocycles. The van der Waals surface area contributed by atoms with Gasteiger partial charge in [-0.05, 0) is 38.3 Å². The van der Waals surface area contributed by atoms with Crippen molar-refractivity contribution in [2.75, 3.05) is 33.2 Å². The molecule has 1 aromatic rings. The molecule has 152 valence electrons. The van der Waals surface area contributed by atoms with Gasteiger partial charge in [-0.25, -0.2) is 12.7 Å². The summed E-state index contributed by atoms with van der Waals surface area (Å²) in [7, 11) is -1.47. The third-order valence-corrected chi connectivity index (χ3v) is 7.28. The van der Waals surface area contributed by atoms with Crippen LogP contribution in [0.2, 0.25) is 0 Å². The monoisotopic (exact) mass is 415 g/mol. The molecule has 0 spiro atoms. The van der Waals surface area contributed by atoms with E-state index in [1.807, 2.05) is 42.3 Å². The Kier molecular flexibility index (Phi) is 8.09. The lowest BCUT2D eigenvalue weighted by atomic mass is 9.96. The van der Waals surface area contributed by atoms with Gasteiger partial charge in [0.15, 0.2) is 0 Å². The largest absolute Gasteiger partial charge is 0.341 e. The van der Waals surface area contributed by atoms with E-state index in [0.29, 0.717) is 19.1 Å². The van der Waals surface area contributed by atoms with Crippen LogP contribution in [0.1, 0.15) is 31.2 Å². The molecule has 0 radical (unpaired) electrons. The Labute approximate surface area is 168 Å². The minimum absolute atomic E-state index is 0. The molecule has 8 heteroatoms. The summed E-state index contributed by atoms with van der Waals surface area (Å²) in [4.78, 5) is 14.8. The van der Waals surface area contributed by atoms with Gasteiger partial charge in [-0.1, -0.05) is 30.3 Å². The van der Waals surface area contributed by atoms with Gasteiger partial charge >= 0.3 is 0 Å². The Hall–Kier alpha value is -1.15. The van der Waals surface area contributed by atoms with E-state index in [9.17, 15) is 13.2 Å². The van der Waals surface area contributed by atoms with Gasteiger partial charge in [-0.3, -0.25) is 4.79 Å². The molecular weight excluding hydrogens is 386 g/mol. The van der Waals surface area contributed by atoms with E-state index >= 15 is 0 Å². The lowest BCUT2D eigenvalue weighted by Crippen LogP contribution is -2.52. The van der Waals surface area contributed by atoms with Gasteiger partial charge in [0.2, 0.25) is 15.9 Å². The highest BCUT2D eigenvalue weighted by Gasteiger charge is 2.35. The van der Waals surface area contributed by atoms with Crippen LogP contribution in [0.25, 0.3) is 0 Å². The van der Waals surface area contributed by atoms with Crippen LogP contribution >= 0.6 is 12.4 Å². The molecule has 2 atom stereocenters. The first-order valence-corrected chi connectivity index (χ1v) is 11.1. The maximum Gasteiger partial charge on any atom is 0.227 e. The molecule has 3 rings (SSSR count). The number of piperidine rings is 2. The Morgan fingerprint density at radius 1 is 1.11 bits per heavy atom. The highest BCUT2D eigenvalue weighted by Crippen LogP contribution is 2.24. The first kappa shape index (κ1) is 22.1. The van der Waals surface area contributed by atoms with Gasteiger partial charge in [0.1, 0.15) is 0 Å². The van der Waals surface area contributed by atoms with Crippen molar-refractivity contribution in [3.05, 3.63) is 35.9 Å². The molecule has 2 saturated heterocycles. The molecule has 2 heterocycles. The van der Waals surface area contributed by atoms with E-state index in [1.54, 1.807) is 0 Å². The molecule has 2 aliphatic heterocycles. The zero-order chi connectivity index (χ0) is 18.6. The first-order chi connectivity index (χ1) is 12.5. The van der Waals surface area contributed by atoms with Gasteiger partial charge in [-0.2, -0.15) is 0 Å². The van der Waals surface area contributed by atoms with Crippen molar-refractivity contribution in [1.82, 2.24) is 14.5 Å². The van der Waals surface area contributed by atoms with Crippen LogP contribution in [0.5, 0.6) is 0 Å².